The fourth-order valence-corrected chi connectivity index (χ4v) is 6.03. The summed E-state index contributed by atoms with van der Waals surface area (Å²) in [5.41, 5.74) is 6.27. The van der Waals surface area contributed by atoms with Crippen molar-refractivity contribution in [3.63, 3.8) is 0 Å². The standard InChI is InChI=1S/C29H35N7/c1-21-10-11-22(2)27(19-21)34-15-17-35(18-16-34)28(24-12-13-26-23(20-24)7-6-14-30-26)29-31-32-33-36(29)25-8-4-3-5-9-25/h6-7,10-14,19-20,25,28H,3-5,8-9,15-18H2,1-2H3/t28-/m1/s1. The summed E-state index contributed by atoms with van der Waals surface area (Å²) in [4.78, 5) is 9.65. The molecule has 1 saturated carbocycles. The zero-order valence-electron chi connectivity index (χ0n) is 21.3. The van der Waals surface area contributed by atoms with Gasteiger partial charge in [0.25, 0.3) is 0 Å². The lowest BCUT2D eigenvalue weighted by Gasteiger charge is -2.40. The molecular formula is C29H35N7. The number of pyridine rings is 1. The molecule has 3 heterocycles. The summed E-state index contributed by atoms with van der Waals surface area (Å²) in [5, 5.41) is 14.5. The van der Waals surface area contributed by atoms with E-state index in [9.17, 15) is 0 Å². The molecule has 0 spiro atoms. The number of aryl methyl sites for hydroxylation is 2. The van der Waals surface area contributed by atoms with Gasteiger partial charge in [0.15, 0.2) is 5.82 Å². The van der Waals surface area contributed by atoms with Crippen LogP contribution in [0.4, 0.5) is 5.69 Å². The Morgan fingerprint density at radius 3 is 2.56 bits per heavy atom. The van der Waals surface area contributed by atoms with Crippen LogP contribution in [0.1, 0.15) is 66.7 Å². The summed E-state index contributed by atoms with van der Waals surface area (Å²) in [7, 11) is 0. The third-order valence-electron chi connectivity index (χ3n) is 8.01. The predicted octanol–water partition coefficient (Wildman–Crippen LogP) is 5.25. The SMILES string of the molecule is Cc1ccc(C)c(N2CCN([C@H](c3ccc4ncccc4c3)c3nnnn3C3CCCCC3)CC2)c1. The van der Waals surface area contributed by atoms with Crippen LogP contribution in [0.15, 0.2) is 54.7 Å². The van der Waals surface area contributed by atoms with Crippen LogP contribution in [0.2, 0.25) is 0 Å². The monoisotopic (exact) mass is 481 g/mol. The molecule has 1 atom stereocenters. The molecule has 36 heavy (non-hydrogen) atoms. The molecule has 0 amide bonds. The number of anilines is 1. The Bertz CT molecular complexity index is 1330. The van der Waals surface area contributed by atoms with Gasteiger partial charge in [-0.2, -0.15) is 0 Å². The Morgan fingerprint density at radius 2 is 1.72 bits per heavy atom. The molecule has 4 aromatic rings. The van der Waals surface area contributed by atoms with Crippen LogP contribution in [0.25, 0.3) is 10.9 Å². The number of rotatable bonds is 5. The zero-order chi connectivity index (χ0) is 24.5. The Labute approximate surface area is 213 Å². The second kappa shape index (κ2) is 9.97. The van der Waals surface area contributed by atoms with Gasteiger partial charge in [-0.05, 0) is 78.1 Å². The van der Waals surface area contributed by atoms with Crippen molar-refractivity contribution in [1.82, 2.24) is 30.1 Å². The average Bonchev–Trinajstić information content (AvgIpc) is 3.40. The summed E-state index contributed by atoms with van der Waals surface area (Å²) in [6, 6.07) is 18.0. The summed E-state index contributed by atoms with van der Waals surface area (Å²) in [6.45, 7) is 8.28. The summed E-state index contributed by atoms with van der Waals surface area (Å²) in [5.74, 6) is 0.977. The van der Waals surface area contributed by atoms with Crippen LogP contribution in [0, 0.1) is 13.8 Å². The molecule has 1 saturated heterocycles. The maximum atomic E-state index is 4.66. The minimum absolute atomic E-state index is 0.0206. The maximum Gasteiger partial charge on any atom is 0.173 e. The van der Waals surface area contributed by atoms with Crippen molar-refractivity contribution in [1.29, 1.82) is 0 Å². The van der Waals surface area contributed by atoms with Gasteiger partial charge in [0.2, 0.25) is 0 Å². The van der Waals surface area contributed by atoms with Crippen molar-refractivity contribution in [3.05, 3.63) is 77.2 Å². The second-order valence-corrected chi connectivity index (χ2v) is 10.4. The number of piperazine rings is 1. The third kappa shape index (κ3) is 4.48. The topological polar surface area (TPSA) is 63.0 Å². The molecule has 0 N–H and O–H groups in total. The molecule has 2 aliphatic rings. The van der Waals surface area contributed by atoms with Gasteiger partial charge in [-0.25, -0.2) is 4.68 Å². The van der Waals surface area contributed by atoms with E-state index in [1.54, 1.807) is 0 Å². The van der Waals surface area contributed by atoms with Gasteiger partial charge < -0.3 is 4.90 Å². The molecular weight excluding hydrogens is 446 g/mol. The number of nitrogens with zero attached hydrogens (tertiary/aromatic N) is 7. The van der Waals surface area contributed by atoms with E-state index < -0.39 is 0 Å². The average molecular weight is 482 g/mol. The smallest absolute Gasteiger partial charge is 0.173 e. The number of tetrazole rings is 1. The number of benzene rings is 2. The van der Waals surface area contributed by atoms with Crippen molar-refractivity contribution in [2.24, 2.45) is 0 Å². The lowest BCUT2D eigenvalue weighted by molar-refractivity contribution is 0.193. The van der Waals surface area contributed by atoms with Crippen LogP contribution >= 0.6 is 0 Å². The number of hydrogen-bond acceptors (Lipinski definition) is 6. The molecule has 0 unspecified atom stereocenters. The van der Waals surface area contributed by atoms with Gasteiger partial charge >= 0.3 is 0 Å². The molecule has 7 nitrogen and oxygen atoms in total. The van der Waals surface area contributed by atoms with E-state index in [1.165, 1.54) is 41.6 Å². The first-order valence-electron chi connectivity index (χ1n) is 13.4. The van der Waals surface area contributed by atoms with Crippen LogP contribution in [-0.2, 0) is 0 Å². The van der Waals surface area contributed by atoms with E-state index in [4.69, 9.17) is 0 Å². The largest absolute Gasteiger partial charge is 0.369 e. The summed E-state index contributed by atoms with van der Waals surface area (Å²) >= 11 is 0. The van der Waals surface area contributed by atoms with Crippen LogP contribution < -0.4 is 4.90 Å². The molecule has 1 aliphatic heterocycles. The van der Waals surface area contributed by atoms with Crippen molar-refractivity contribution in [3.8, 4) is 0 Å². The number of hydrogen-bond donors (Lipinski definition) is 0. The van der Waals surface area contributed by atoms with E-state index in [1.807, 2.05) is 12.3 Å². The predicted molar refractivity (Wildman–Crippen MR) is 143 cm³/mol. The lowest BCUT2D eigenvalue weighted by Crippen LogP contribution is -2.48. The normalized spacial score (nSPS) is 18.6. The number of aromatic nitrogens is 5. The molecule has 2 aromatic carbocycles. The van der Waals surface area contributed by atoms with E-state index in [0.29, 0.717) is 6.04 Å². The van der Waals surface area contributed by atoms with Crippen molar-refractivity contribution >= 4 is 16.6 Å². The molecule has 6 rings (SSSR count). The van der Waals surface area contributed by atoms with E-state index in [-0.39, 0.29) is 6.04 Å². The highest BCUT2D eigenvalue weighted by Crippen LogP contribution is 2.35. The van der Waals surface area contributed by atoms with Gasteiger partial charge in [-0.1, -0.05) is 43.5 Å². The Hall–Kier alpha value is -3.32. The minimum atomic E-state index is 0.0206. The van der Waals surface area contributed by atoms with E-state index in [2.05, 4.69) is 91.3 Å². The fourth-order valence-electron chi connectivity index (χ4n) is 6.03. The Balaban J connectivity index is 1.34. The van der Waals surface area contributed by atoms with Gasteiger partial charge in [0, 0.05) is 43.4 Å². The van der Waals surface area contributed by atoms with Crippen molar-refractivity contribution < 1.29 is 0 Å². The highest BCUT2D eigenvalue weighted by molar-refractivity contribution is 5.79. The highest BCUT2D eigenvalue weighted by Gasteiger charge is 2.33. The molecule has 2 aromatic heterocycles. The first-order valence-corrected chi connectivity index (χ1v) is 13.4. The molecule has 2 fully saturated rings. The first kappa shape index (κ1) is 23.1. The third-order valence-corrected chi connectivity index (χ3v) is 8.01. The lowest BCUT2D eigenvalue weighted by atomic mass is 9.94. The molecule has 7 heteroatoms. The summed E-state index contributed by atoms with van der Waals surface area (Å²) in [6.07, 6.45) is 8.00. The minimum Gasteiger partial charge on any atom is -0.369 e. The zero-order valence-corrected chi connectivity index (χ0v) is 21.3. The summed E-state index contributed by atoms with van der Waals surface area (Å²) < 4.78 is 2.15. The Kier molecular flexibility index (Phi) is 6.40. The highest BCUT2D eigenvalue weighted by atomic mass is 15.6. The molecule has 1 aliphatic carbocycles. The van der Waals surface area contributed by atoms with Crippen LogP contribution in [-0.4, -0.2) is 56.3 Å². The quantitative estimate of drug-likeness (QED) is 0.388. The van der Waals surface area contributed by atoms with Crippen LogP contribution in [0.3, 0.4) is 0 Å². The van der Waals surface area contributed by atoms with Gasteiger partial charge in [-0.3, -0.25) is 9.88 Å². The van der Waals surface area contributed by atoms with Gasteiger partial charge in [0.05, 0.1) is 17.6 Å². The fraction of sp³-hybridized carbons (Fsp3) is 0.448. The van der Waals surface area contributed by atoms with Gasteiger partial charge in [0.1, 0.15) is 0 Å². The van der Waals surface area contributed by atoms with E-state index in [0.717, 1.165) is 55.7 Å². The maximum absolute atomic E-state index is 4.66. The molecule has 186 valence electrons. The van der Waals surface area contributed by atoms with Crippen molar-refractivity contribution in [2.45, 2.75) is 58.0 Å². The van der Waals surface area contributed by atoms with Gasteiger partial charge in [-0.15, -0.1) is 5.10 Å². The van der Waals surface area contributed by atoms with Crippen LogP contribution in [0.5, 0.6) is 0 Å². The molecule has 0 bridgehead atoms. The van der Waals surface area contributed by atoms with Crippen molar-refractivity contribution in [2.75, 3.05) is 31.1 Å². The Morgan fingerprint density at radius 1 is 0.889 bits per heavy atom. The second-order valence-electron chi connectivity index (χ2n) is 10.4. The number of fused-ring (bicyclic) bond motifs is 1. The molecule has 0 radical (unpaired) electrons. The van der Waals surface area contributed by atoms with E-state index >= 15 is 0 Å². The first-order chi connectivity index (χ1) is 17.7.